The summed E-state index contributed by atoms with van der Waals surface area (Å²) >= 11 is 0. The Balaban J connectivity index is 3.11. The molecule has 1 aromatic rings. The van der Waals surface area contributed by atoms with Crippen LogP contribution >= 0.6 is 0 Å². The van der Waals surface area contributed by atoms with E-state index in [1.807, 2.05) is 13.0 Å². The first-order valence-electron chi connectivity index (χ1n) is 8.00. The van der Waals surface area contributed by atoms with Gasteiger partial charge in [0.1, 0.15) is 12.3 Å². The molecule has 1 atom stereocenters. The molecule has 24 heavy (non-hydrogen) atoms. The Morgan fingerprint density at radius 1 is 1.29 bits per heavy atom. The summed E-state index contributed by atoms with van der Waals surface area (Å²) in [7, 11) is 2.98. The van der Waals surface area contributed by atoms with Crippen LogP contribution in [0.5, 0.6) is 0 Å². The van der Waals surface area contributed by atoms with Gasteiger partial charge in [0.05, 0.1) is 5.56 Å². The number of hydrogen-bond donors (Lipinski definition) is 1. The fourth-order valence-electron chi connectivity index (χ4n) is 2.57. The Labute approximate surface area is 142 Å². The summed E-state index contributed by atoms with van der Waals surface area (Å²) in [5, 5.41) is 2.50. The standard InChI is InChI=1S/C18H24N2O4/c1-4-6-13-8-9-15(14(11-13)12-22)18(24)20(3)16(7-5-10-21)17(23)19-2/h8-12,16H,4-7H2,1-3H3,(H,19,23). The minimum Gasteiger partial charge on any atom is -0.357 e. The molecule has 0 saturated carbocycles. The molecule has 0 bridgehead atoms. The Morgan fingerprint density at radius 3 is 2.54 bits per heavy atom. The molecule has 6 heteroatoms. The van der Waals surface area contributed by atoms with Crippen molar-refractivity contribution in [2.75, 3.05) is 14.1 Å². The van der Waals surface area contributed by atoms with Gasteiger partial charge in [0.15, 0.2) is 6.29 Å². The third-order valence-corrected chi connectivity index (χ3v) is 3.91. The van der Waals surface area contributed by atoms with Gasteiger partial charge in [-0.2, -0.15) is 0 Å². The van der Waals surface area contributed by atoms with Gasteiger partial charge in [-0.3, -0.25) is 14.4 Å². The van der Waals surface area contributed by atoms with E-state index in [9.17, 15) is 19.2 Å². The highest BCUT2D eigenvalue weighted by Gasteiger charge is 2.27. The van der Waals surface area contributed by atoms with E-state index in [-0.39, 0.29) is 24.3 Å². The van der Waals surface area contributed by atoms with Crippen LogP contribution in [0.4, 0.5) is 0 Å². The average molecular weight is 332 g/mol. The molecule has 1 aromatic carbocycles. The van der Waals surface area contributed by atoms with E-state index in [1.165, 1.54) is 19.0 Å². The van der Waals surface area contributed by atoms with Crippen LogP contribution in [0.2, 0.25) is 0 Å². The molecule has 2 amide bonds. The monoisotopic (exact) mass is 332 g/mol. The van der Waals surface area contributed by atoms with Crippen LogP contribution in [0, 0.1) is 0 Å². The van der Waals surface area contributed by atoms with E-state index >= 15 is 0 Å². The molecule has 0 aliphatic rings. The second-order valence-electron chi connectivity index (χ2n) is 5.58. The molecule has 0 radical (unpaired) electrons. The largest absolute Gasteiger partial charge is 0.357 e. The molecule has 0 aliphatic carbocycles. The van der Waals surface area contributed by atoms with Crippen LogP contribution in [0.3, 0.4) is 0 Å². The molecule has 1 rings (SSSR count). The van der Waals surface area contributed by atoms with Gasteiger partial charge >= 0.3 is 0 Å². The van der Waals surface area contributed by atoms with Crippen molar-refractivity contribution >= 4 is 24.4 Å². The van der Waals surface area contributed by atoms with Crippen molar-refractivity contribution in [1.29, 1.82) is 0 Å². The van der Waals surface area contributed by atoms with Crippen molar-refractivity contribution in [3.63, 3.8) is 0 Å². The number of hydrogen-bond acceptors (Lipinski definition) is 4. The molecule has 0 aromatic heterocycles. The SMILES string of the molecule is CCCc1ccc(C(=O)N(C)C(CCC=O)C(=O)NC)c(C=O)c1. The molecule has 6 nitrogen and oxygen atoms in total. The van der Waals surface area contributed by atoms with Crippen LogP contribution in [-0.4, -0.2) is 49.4 Å². The zero-order valence-corrected chi connectivity index (χ0v) is 14.4. The lowest BCUT2D eigenvalue weighted by Gasteiger charge is -2.27. The molecule has 1 N–H and O–H groups in total. The quantitative estimate of drug-likeness (QED) is 0.697. The number of rotatable bonds is 9. The molecule has 1 unspecified atom stereocenters. The summed E-state index contributed by atoms with van der Waals surface area (Å²) in [5.41, 5.74) is 1.55. The number of benzene rings is 1. The molecule has 0 fully saturated rings. The normalized spacial score (nSPS) is 11.5. The van der Waals surface area contributed by atoms with Gasteiger partial charge in [0.2, 0.25) is 5.91 Å². The molecular formula is C18H24N2O4. The number of carbonyl (C=O) groups is 4. The summed E-state index contributed by atoms with van der Waals surface area (Å²) in [5.74, 6) is -0.761. The Bertz CT molecular complexity index is 613. The highest BCUT2D eigenvalue weighted by Crippen LogP contribution is 2.16. The second-order valence-corrected chi connectivity index (χ2v) is 5.58. The van der Waals surface area contributed by atoms with Crippen molar-refractivity contribution < 1.29 is 19.2 Å². The number of aryl methyl sites for hydroxylation is 1. The van der Waals surface area contributed by atoms with Crippen LogP contribution < -0.4 is 5.32 Å². The first kappa shape index (κ1) is 19.5. The highest BCUT2D eigenvalue weighted by molar-refractivity contribution is 6.03. The molecule has 0 aliphatic heterocycles. The van der Waals surface area contributed by atoms with Crippen LogP contribution in [0.25, 0.3) is 0 Å². The van der Waals surface area contributed by atoms with E-state index in [2.05, 4.69) is 5.32 Å². The van der Waals surface area contributed by atoms with Crippen molar-refractivity contribution in [2.45, 2.75) is 38.6 Å². The van der Waals surface area contributed by atoms with Gasteiger partial charge in [-0.25, -0.2) is 0 Å². The van der Waals surface area contributed by atoms with Crippen molar-refractivity contribution in [2.24, 2.45) is 0 Å². The van der Waals surface area contributed by atoms with E-state index in [1.54, 1.807) is 12.1 Å². The molecule has 0 heterocycles. The molecule has 130 valence electrons. The van der Waals surface area contributed by atoms with Crippen LogP contribution in [-0.2, 0) is 16.0 Å². The summed E-state index contributed by atoms with van der Waals surface area (Å²) in [6, 6.07) is 4.38. The van der Waals surface area contributed by atoms with Crippen molar-refractivity contribution in [3.05, 3.63) is 34.9 Å². The lowest BCUT2D eigenvalue weighted by atomic mass is 10.00. The lowest BCUT2D eigenvalue weighted by Crippen LogP contribution is -2.47. The van der Waals surface area contributed by atoms with Crippen LogP contribution in [0.15, 0.2) is 18.2 Å². The summed E-state index contributed by atoms with van der Waals surface area (Å²) < 4.78 is 0. The predicted octanol–water partition coefficient (Wildman–Crippen LogP) is 1.62. The predicted molar refractivity (Wildman–Crippen MR) is 91.1 cm³/mol. The lowest BCUT2D eigenvalue weighted by molar-refractivity contribution is -0.125. The van der Waals surface area contributed by atoms with Crippen LogP contribution in [0.1, 0.15) is 52.5 Å². The van der Waals surface area contributed by atoms with E-state index in [0.717, 1.165) is 18.4 Å². The highest BCUT2D eigenvalue weighted by atomic mass is 16.2. The zero-order valence-electron chi connectivity index (χ0n) is 14.4. The minimum atomic E-state index is -0.762. The van der Waals surface area contributed by atoms with Gasteiger partial charge in [-0.1, -0.05) is 19.4 Å². The summed E-state index contributed by atoms with van der Waals surface area (Å²) in [6.07, 6.45) is 3.54. The summed E-state index contributed by atoms with van der Waals surface area (Å²) in [4.78, 5) is 47.9. The van der Waals surface area contributed by atoms with E-state index in [4.69, 9.17) is 0 Å². The second kappa shape index (κ2) is 9.60. The van der Waals surface area contributed by atoms with Crippen molar-refractivity contribution in [3.8, 4) is 0 Å². The Kier molecular flexibility index (Phi) is 7.82. The Morgan fingerprint density at radius 2 is 2.00 bits per heavy atom. The smallest absolute Gasteiger partial charge is 0.255 e. The molecular weight excluding hydrogens is 308 g/mol. The van der Waals surface area contributed by atoms with Crippen molar-refractivity contribution in [1.82, 2.24) is 10.2 Å². The maximum Gasteiger partial charge on any atom is 0.255 e. The fourth-order valence-corrected chi connectivity index (χ4v) is 2.57. The average Bonchev–Trinajstić information content (AvgIpc) is 2.60. The summed E-state index contributed by atoms with van der Waals surface area (Å²) in [6.45, 7) is 2.04. The third kappa shape index (κ3) is 4.75. The minimum absolute atomic E-state index is 0.172. The number of nitrogens with one attached hydrogen (secondary N) is 1. The maximum atomic E-state index is 12.7. The molecule has 0 spiro atoms. The molecule has 0 saturated heterocycles. The zero-order chi connectivity index (χ0) is 18.1. The van der Waals surface area contributed by atoms with Gasteiger partial charge < -0.3 is 15.0 Å². The van der Waals surface area contributed by atoms with Gasteiger partial charge in [0, 0.05) is 26.1 Å². The maximum absolute atomic E-state index is 12.7. The first-order valence-corrected chi connectivity index (χ1v) is 8.00. The first-order chi connectivity index (χ1) is 11.5. The third-order valence-electron chi connectivity index (χ3n) is 3.91. The number of carbonyl (C=O) groups excluding carboxylic acids is 4. The number of likely N-dealkylation sites (N-methyl/N-ethyl adjacent to an activating group) is 2. The fraction of sp³-hybridized carbons (Fsp3) is 0.444. The topological polar surface area (TPSA) is 83.6 Å². The van der Waals surface area contributed by atoms with E-state index in [0.29, 0.717) is 18.1 Å². The Hall–Kier alpha value is -2.50. The van der Waals surface area contributed by atoms with Gasteiger partial charge in [-0.15, -0.1) is 0 Å². The number of nitrogens with zero attached hydrogens (tertiary/aromatic N) is 1. The van der Waals surface area contributed by atoms with E-state index < -0.39 is 11.9 Å². The van der Waals surface area contributed by atoms with Gasteiger partial charge in [0.25, 0.3) is 5.91 Å². The van der Waals surface area contributed by atoms with Gasteiger partial charge in [-0.05, 0) is 30.5 Å². The number of aldehydes is 2. The number of amides is 2.